The highest BCUT2D eigenvalue weighted by Gasteiger charge is 2.00. The Balaban J connectivity index is 2.66. The minimum absolute atomic E-state index is 0.0412. The van der Waals surface area contributed by atoms with E-state index in [0.29, 0.717) is 31.9 Å². The summed E-state index contributed by atoms with van der Waals surface area (Å²) in [5.74, 6) is 0.422. The molecule has 0 atom stereocenters. The number of nitrogens with two attached hydrogens (primary N) is 1. The van der Waals surface area contributed by atoms with Crippen LogP contribution in [0.25, 0.3) is 0 Å². The van der Waals surface area contributed by atoms with Crippen molar-refractivity contribution in [3.8, 4) is 5.75 Å². The molecule has 0 aliphatic rings. The Morgan fingerprint density at radius 1 is 1.60 bits per heavy atom. The van der Waals surface area contributed by atoms with Crippen LogP contribution >= 0.6 is 0 Å². The van der Waals surface area contributed by atoms with E-state index in [-0.39, 0.29) is 12.2 Å². The molecular weight excluding hydrogens is 198 g/mol. The molecule has 6 heteroatoms. The highest BCUT2D eigenvalue weighted by atomic mass is 16.5. The number of hydrogen-bond donors (Lipinski definition) is 2. The van der Waals surface area contributed by atoms with Crippen LogP contribution in [-0.2, 0) is 6.54 Å². The molecule has 15 heavy (non-hydrogen) atoms. The lowest BCUT2D eigenvalue weighted by Crippen LogP contribution is -2.23. The van der Waals surface area contributed by atoms with E-state index in [0.717, 1.165) is 0 Å². The van der Waals surface area contributed by atoms with Crippen molar-refractivity contribution in [2.24, 2.45) is 5.73 Å². The van der Waals surface area contributed by atoms with E-state index in [2.05, 4.69) is 5.10 Å². The highest BCUT2D eigenvalue weighted by molar-refractivity contribution is 5.13. The Bertz CT molecular complexity index is 351. The largest absolute Gasteiger partial charge is 0.490 e. The molecule has 0 bridgehead atoms. The second kappa shape index (κ2) is 6.15. The Hall–Kier alpha value is -1.40. The topological polar surface area (TPSA) is 90.4 Å². The maximum absolute atomic E-state index is 11.4. The van der Waals surface area contributed by atoms with E-state index in [1.165, 1.54) is 16.9 Å². The average Bonchev–Trinajstić information content (AvgIpc) is 2.25. The Morgan fingerprint density at radius 2 is 2.40 bits per heavy atom. The molecule has 0 amide bonds. The van der Waals surface area contributed by atoms with Gasteiger partial charge in [-0.3, -0.25) is 4.79 Å². The van der Waals surface area contributed by atoms with E-state index in [9.17, 15) is 4.79 Å². The van der Waals surface area contributed by atoms with Gasteiger partial charge in [-0.2, -0.15) is 5.10 Å². The molecule has 0 fully saturated rings. The zero-order valence-electron chi connectivity index (χ0n) is 8.43. The monoisotopic (exact) mass is 213 g/mol. The quantitative estimate of drug-likeness (QED) is 0.630. The fourth-order valence-electron chi connectivity index (χ4n) is 1.06. The van der Waals surface area contributed by atoms with E-state index in [4.69, 9.17) is 15.6 Å². The van der Waals surface area contributed by atoms with Gasteiger partial charge in [-0.25, -0.2) is 4.68 Å². The van der Waals surface area contributed by atoms with Crippen molar-refractivity contribution < 1.29 is 9.84 Å². The van der Waals surface area contributed by atoms with Gasteiger partial charge in [-0.15, -0.1) is 0 Å². The van der Waals surface area contributed by atoms with Gasteiger partial charge in [-0.1, -0.05) is 0 Å². The number of hydrogen-bond acceptors (Lipinski definition) is 5. The predicted molar refractivity (Wildman–Crippen MR) is 54.7 cm³/mol. The maximum Gasteiger partial charge on any atom is 0.270 e. The van der Waals surface area contributed by atoms with Crippen LogP contribution in [0.3, 0.4) is 0 Å². The lowest BCUT2D eigenvalue weighted by Gasteiger charge is -2.05. The first-order chi connectivity index (χ1) is 7.27. The van der Waals surface area contributed by atoms with Crippen molar-refractivity contribution in [1.82, 2.24) is 9.78 Å². The van der Waals surface area contributed by atoms with Crippen LogP contribution in [0, 0.1) is 0 Å². The molecule has 6 nitrogen and oxygen atoms in total. The molecule has 0 radical (unpaired) electrons. The molecule has 0 saturated carbocycles. The van der Waals surface area contributed by atoms with Gasteiger partial charge < -0.3 is 15.6 Å². The molecule has 1 aromatic rings. The van der Waals surface area contributed by atoms with Crippen LogP contribution in [-0.4, -0.2) is 34.6 Å². The van der Waals surface area contributed by atoms with Crippen molar-refractivity contribution in [2.45, 2.75) is 13.0 Å². The Labute approximate surface area is 87.3 Å². The van der Waals surface area contributed by atoms with E-state index in [1.54, 1.807) is 0 Å². The summed E-state index contributed by atoms with van der Waals surface area (Å²) in [6.45, 7) is 1.21. The third-order valence-corrected chi connectivity index (χ3v) is 1.76. The van der Waals surface area contributed by atoms with Gasteiger partial charge in [-0.05, 0) is 6.42 Å². The summed E-state index contributed by atoms with van der Waals surface area (Å²) in [6, 6.07) is 1.36. The maximum atomic E-state index is 11.4. The average molecular weight is 213 g/mol. The summed E-state index contributed by atoms with van der Waals surface area (Å²) >= 11 is 0. The third-order valence-electron chi connectivity index (χ3n) is 1.76. The fourth-order valence-corrected chi connectivity index (χ4v) is 1.06. The molecule has 84 valence electrons. The zero-order valence-corrected chi connectivity index (χ0v) is 8.43. The molecule has 0 aliphatic carbocycles. The molecular formula is C9H15N3O3. The second-order valence-electron chi connectivity index (χ2n) is 2.97. The summed E-state index contributed by atoms with van der Waals surface area (Å²) in [5.41, 5.74) is 5.02. The van der Waals surface area contributed by atoms with Gasteiger partial charge in [0.25, 0.3) is 5.56 Å². The summed E-state index contributed by atoms with van der Waals surface area (Å²) in [5, 5.41) is 12.5. The molecule has 1 rings (SSSR count). The van der Waals surface area contributed by atoms with E-state index >= 15 is 0 Å². The molecule has 0 aliphatic heterocycles. The first-order valence-electron chi connectivity index (χ1n) is 4.79. The molecule has 0 unspecified atom stereocenters. The summed E-state index contributed by atoms with van der Waals surface area (Å²) in [4.78, 5) is 11.4. The summed E-state index contributed by atoms with van der Waals surface area (Å²) in [6.07, 6.45) is 1.98. The van der Waals surface area contributed by atoms with Crippen LogP contribution in [0.5, 0.6) is 5.75 Å². The van der Waals surface area contributed by atoms with Crippen LogP contribution in [0.4, 0.5) is 0 Å². The van der Waals surface area contributed by atoms with Gasteiger partial charge in [0.1, 0.15) is 12.4 Å². The van der Waals surface area contributed by atoms with Crippen LogP contribution in [0.2, 0.25) is 0 Å². The van der Waals surface area contributed by atoms with Gasteiger partial charge >= 0.3 is 0 Å². The van der Waals surface area contributed by atoms with Gasteiger partial charge in [0.15, 0.2) is 0 Å². The highest BCUT2D eigenvalue weighted by Crippen LogP contribution is 2.02. The van der Waals surface area contributed by atoms with E-state index in [1.807, 2.05) is 0 Å². The lowest BCUT2D eigenvalue weighted by molar-refractivity contribution is 0.274. The minimum atomic E-state index is -0.238. The van der Waals surface area contributed by atoms with Crippen molar-refractivity contribution in [2.75, 3.05) is 19.8 Å². The fraction of sp³-hybridized carbons (Fsp3) is 0.556. The zero-order chi connectivity index (χ0) is 11.1. The van der Waals surface area contributed by atoms with Crippen molar-refractivity contribution in [1.29, 1.82) is 0 Å². The standard InChI is InChI=1S/C9H15N3O3/c10-2-5-15-8-6-9(14)12(11-7-8)3-1-4-13/h6-7,13H,1-5,10H2. The number of aliphatic hydroxyl groups excluding tert-OH is 1. The number of rotatable bonds is 6. The smallest absolute Gasteiger partial charge is 0.270 e. The van der Waals surface area contributed by atoms with Crippen LogP contribution < -0.4 is 16.0 Å². The molecule has 3 N–H and O–H groups in total. The first-order valence-corrected chi connectivity index (χ1v) is 4.79. The molecule has 1 heterocycles. The SMILES string of the molecule is NCCOc1cnn(CCCO)c(=O)c1. The molecule has 0 saturated heterocycles. The predicted octanol–water partition coefficient (Wildman–Crippen LogP) is -1.04. The van der Waals surface area contributed by atoms with Crippen molar-refractivity contribution >= 4 is 0 Å². The normalized spacial score (nSPS) is 10.3. The number of aryl methyl sites for hydroxylation is 1. The number of nitrogens with zero attached hydrogens (tertiary/aromatic N) is 2. The van der Waals surface area contributed by atoms with Gasteiger partial charge in [0, 0.05) is 25.8 Å². The van der Waals surface area contributed by atoms with Crippen molar-refractivity contribution in [3.63, 3.8) is 0 Å². The second-order valence-corrected chi connectivity index (χ2v) is 2.97. The number of aliphatic hydroxyl groups is 1. The van der Waals surface area contributed by atoms with Gasteiger partial charge in [0.05, 0.1) is 6.20 Å². The number of aromatic nitrogens is 2. The molecule has 1 aromatic heterocycles. The minimum Gasteiger partial charge on any atom is -0.490 e. The Morgan fingerprint density at radius 3 is 3.00 bits per heavy atom. The van der Waals surface area contributed by atoms with Crippen LogP contribution in [0.15, 0.2) is 17.1 Å². The lowest BCUT2D eigenvalue weighted by atomic mass is 10.4. The molecule has 0 spiro atoms. The summed E-state index contributed by atoms with van der Waals surface area (Å²) in [7, 11) is 0. The first kappa shape index (κ1) is 11.7. The third kappa shape index (κ3) is 3.69. The van der Waals surface area contributed by atoms with Gasteiger partial charge in [0.2, 0.25) is 0 Å². The van der Waals surface area contributed by atoms with Crippen molar-refractivity contribution in [3.05, 3.63) is 22.6 Å². The van der Waals surface area contributed by atoms with Crippen LogP contribution in [0.1, 0.15) is 6.42 Å². The Kier molecular flexibility index (Phi) is 4.79. The number of ether oxygens (including phenoxy) is 1. The summed E-state index contributed by atoms with van der Waals surface area (Å²) < 4.78 is 6.43. The van der Waals surface area contributed by atoms with E-state index < -0.39 is 0 Å². The molecule has 0 aromatic carbocycles.